The molecule has 4 rings (SSSR count). The van der Waals surface area contributed by atoms with Crippen molar-refractivity contribution in [3.8, 4) is 0 Å². The molecule has 0 unspecified atom stereocenters. The lowest BCUT2D eigenvalue weighted by Gasteiger charge is -2.22. The van der Waals surface area contributed by atoms with Crippen molar-refractivity contribution in [2.45, 2.75) is 173 Å². The van der Waals surface area contributed by atoms with Gasteiger partial charge in [0.15, 0.2) is 5.98 Å². The van der Waals surface area contributed by atoms with E-state index in [1.54, 1.807) is 6.92 Å². The summed E-state index contributed by atoms with van der Waals surface area (Å²) in [6, 6.07) is 0.747. The van der Waals surface area contributed by atoms with E-state index in [2.05, 4.69) is 29.1 Å². The Morgan fingerprint density at radius 2 is 0.962 bits per heavy atom. The van der Waals surface area contributed by atoms with Crippen LogP contribution in [0, 0.1) is 0 Å². The van der Waals surface area contributed by atoms with Gasteiger partial charge in [0.05, 0.1) is 12.6 Å². The van der Waals surface area contributed by atoms with Gasteiger partial charge in [-0.15, -0.1) is 0 Å². The number of nitrogens with zero attached hydrogens (tertiary/aromatic N) is 2. The van der Waals surface area contributed by atoms with Gasteiger partial charge in [0, 0.05) is 35.4 Å². The minimum absolute atomic E-state index is 0.0428. The zero-order valence-corrected chi connectivity index (χ0v) is 37.5. The van der Waals surface area contributed by atoms with E-state index in [1.165, 1.54) is 51.4 Å². The van der Waals surface area contributed by atoms with Crippen molar-refractivity contribution in [1.82, 2.24) is 18.9 Å². The van der Waals surface area contributed by atoms with E-state index in [1.807, 2.05) is 13.8 Å². The molecule has 22 heteroatoms. The number of azo groups is 1. The summed E-state index contributed by atoms with van der Waals surface area (Å²) in [5, 5.41) is 8.25. The minimum atomic E-state index is -3.97. The van der Waals surface area contributed by atoms with Crippen LogP contribution in [-0.4, -0.2) is 73.6 Å². The fourth-order valence-electron chi connectivity index (χ4n) is 5.92. The van der Waals surface area contributed by atoms with E-state index >= 15 is 0 Å². The lowest BCUT2D eigenvalue weighted by Crippen LogP contribution is -2.43. The SMILES string of the molecule is CCN.CCN=NC1CCCCC1.CCNS(=O)(=O)NC1CCCCC1.ClP(Cl)Cl.O=S(=O)(Cl)NC1CCCCC1.O=S(=O)(O)NC1CCCCC1. The average Bonchev–Trinajstić information content (AvgIpc) is 3.05. The summed E-state index contributed by atoms with van der Waals surface area (Å²) in [5.41, 5.74) is 4.85. The van der Waals surface area contributed by atoms with Crippen LogP contribution in [0.15, 0.2) is 10.2 Å². The molecule has 0 aromatic heterocycles. The van der Waals surface area contributed by atoms with E-state index in [9.17, 15) is 25.3 Å². The normalized spacial score (nSPS) is 19.7. The predicted octanol–water partition coefficient (Wildman–Crippen LogP) is 8.55. The smallest absolute Gasteiger partial charge is 0.331 e. The molecule has 0 radical (unpaired) electrons. The van der Waals surface area contributed by atoms with Gasteiger partial charge in [0.1, 0.15) is 0 Å². The number of nitrogens with two attached hydrogens (primary N) is 1. The van der Waals surface area contributed by atoms with E-state index in [-0.39, 0.29) is 18.1 Å². The van der Waals surface area contributed by atoms with Gasteiger partial charge in [0.2, 0.25) is 0 Å². The molecular formula is C30H66Cl4N7O7PS3. The molecule has 7 N–H and O–H groups in total. The maximum atomic E-state index is 11.3. The monoisotopic (exact) mass is 903 g/mol. The second kappa shape index (κ2) is 33.9. The van der Waals surface area contributed by atoms with Crippen LogP contribution in [0.3, 0.4) is 0 Å². The van der Waals surface area contributed by atoms with Crippen LogP contribution in [0.2, 0.25) is 0 Å². The molecule has 4 aliphatic carbocycles. The Kier molecular flexibility index (Phi) is 35.8. The highest BCUT2D eigenvalue weighted by atomic mass is 36.0. The van der Waals surface area contributed by atoms with Gasteiger partial charge in [-0.25, -0.2) is 4.72 Å². The Hall–Kier alpha value is 0.800. The molecule has 0 heterocycles. The highest BCUT2D eigenvalue weighted by Crippen LogP contribution is 2.51. The fourth-order valence-corrected chi connectivity index (χ4v) is 8.72. The number of rotatable bonds is 10. The van der Waals surface area contributed by atoms with Gasteiger partial charge in [-0.2, -0.15) is 49.6 Å². The first-order chi connectivity index (χ1) is 24.4. The van der Waals surface area contributed by atoms with Crippen LogP contribution in [0.4, 0.5) is 0 Å². The molecule has 52 heavy (non-hydrogen) atoms. The summed E-state index contributed by atoms with van der Waals surface area (Å²) in [4.78, 5) is 0. The summed E-state index contributed by atoms with van der Waals surface area (Å²) in [6.07, 6.45) is 22.3. The van der Waals surface area contributed by atoms with Crippen molar-refractivity contribution in [1.29, 1.82) is 0 Å². The number of halogens is 4. The topological polar surface area (TPSA) is 222 Å². The minimum Gasteiger partial charge on any atom is -0.331 e. The van der Waals surface area contributed by atoms with Crippen LogP contribution in [0.5, 0.6) is 0 Å². The van der Waals surface area contributed by atoms with Gasteiger partial charge >= 0.3 is 10.3 Å². The van der Waals surface area contributed by atoms with Crippen LogP contribution in [0.1, 0.15) is 149 Å². The Labute approximate surface area is 335 Å². The molecule has 0 aromatic rings. The molecule has 4 fully saturated rings. The fraction of sp³-hybridized carbons (Fsp3) is 1.00. The first-order valence-corrected chi connectivity index (χ1v) is 27.7. The van der Waals surface area contributed by atoms with E-state index in [4.69, 9.17) is 54.7 Å². The standard InChI is InChI=1S/C8H18N2O2S.C8H16N2.C6H12ClNO2S.C6H13NO3S.C2H7N.Cl3P/c1-2-9-13(11,12)10-8-6-4-3-5-7-8;1-2-9-10-8-6-4-3-5-7-8;7-11(9,10)8-6-4-2-1-3-5-6;8-11(9,10)7-6-4-2-1-3-5-6;1-2-3;1-4(2)3/h8-10H,2-7H2,1H3;8H,2-7H2,1H3;6,8H,1-5H2;6-7H,1-5H2,(H,8,9,10);2-3H2,1H3;. The predicted molar refractivity (Wildman–Crippen MR) is 220 cm³/mol. The van der Waals surface area contributed by atoms with Crippen LogP contribution in [-0.2, 0) is 29.8 Å². The Morgan fingerprint density at radius 3 is 1.27 bits per heavy atom. The van der Waals surface area contributed by atoms with E-state index in [0.29, 0.717) is 12.6 Å². The molecule has 0 saturated heterocycles. The molecule has 0 bridgehead atoms. The molecule has 0 atom stereocenters. The second-order valence-corrected chi connectivity index (χ2v) is 22.8. The van der Waals surface area contributed by atoms with E-state index < -0.39 is 35.7 Å². The first kappa shape index (κ1) is 54.9. The molecule has 0 aromatic carbocycles. The molecule has 0 spiro atoms. The van der Waals surface area contributed by atoms with Crippen LogP contribution >= 0.6 is 50.4 Å². The van der Waals surface area contributed by atoms with Crippen LogP contribution < -0.4 is 24.6 Å². The van der Waals surface area contributed by atoms with Gasteiger partial charge in [0.25, 0.3) is 19.4 Å². The van der Waals surface area contributed by atoms with Crippen molar-refractivity contribution in [2.24, 2.45) is 16.0 Å². The van der Waals surface area contributed by atoms with Crippen molar-refractivity contribution in [3.05, 3.63) is 0 Å². The zero-order valence-electron chi connectivity index (χ0n) is 31.1. The van der Waals surface area contributed by atoms with Gasteiger partial charge in [-0.1, -0.05) is 125 Å². The summed E-state index contributed by atoms with van der Waals surface area (Å²) in [7, 11) is -5.68. The van der Waals surface area contributed by atoms with Gasteiger partial charge in [-0.3, -0.25) is 4.55 Å². The number of hydrogen-bond acceptors (Lipinski definition) is 9. The van der Waals surface area contributed by atoms with Crippen molar-refractivity contribution in [3.63, 3.8) is 0 Å². The molecule has 0 aliphatic heterocycles. The van der Waals surface area contributed by atoms with Crippen molar-refractivity contribution in [2.75, 3.05) is 19.6 Å². The van der Waals surface area contributed by atoms with Crippen LogP contribution in [0.25, 0.3) is 0 Å². The Bertz CT molecular complexity index is 1140. The number of hydrogen-bond donors (Lipinski definition) is 6. The summed E-state index contributed by atoms with van der Waals surface area (Å²) in [6.45, 7) is 7.75. The molecule has 14 nitrogen and oxygen atoms in total. The second-order valence-electron chi connectivity index (χ2n) is 12.7. The van der Waals surface area contributed by atoms with Crippen molar-refractivity contribution >= 4 is 80.1 Å². The van der Waals surface area contributed by atoms with Crippen molar-refractivity contribution < 1.29 is 29.8 Å². The first-order valence-electron chi connectivity index (χ1n) is 18.5. The maximum Gasteiger partial charge on any atom is 0.333 e. The van der Waals surface area contributed by atoms with Gasteiger partial charge < -0.3 is 5.73 Å². The highest BCUT2D eigenvalue weighted by Gasteiger charge is 2.20. The summed E-state index contributed by atoms with van der Waals surface area (Å²) >= 11 is 14.6. The third-order valence-corrected chi connectivity index (χ3v) is 10.9. The average molecular weight is 906 g/mol. The number of nitrogens with one attached hydrogen (secondary N) is 4. The Morgan fingerprint density at radius 1 is 0.635 bits per heavy atom. The van der Waals surface area contributed by atoms with E-state index in [0.717, 1.165) is 90.1 Å². The largest absolute Gasteiger partial charge is 0.333 e. The quantitative estimate of drug-likeness (QED) is 0.0538. The summed E-state index contributed by atoms with van der Waals surface area (Å²) in [5.74, 6) is -1.20. The zero-order chi connectivity index (χ0) is 39.9. The summed E-state index contributed by atoms with van der Waals surface area (Å²) < 4.78 is 82.4. The molecule has 4 saturated carbocycles. The maximum absolute atomic E-state index is 11.3. The molecular weight excluding hydrogens is 839 g/mol. The third-order valence-electron chi connectivity index (χ3n) is 8.06. The third kappa shape index (κ3) is 40.5. The lowest BCUT2D eigenvalue weighted by atomic mass is 9.96. The van der Waals surface area contributed by atoms with Gasteiger partial charge in [-0.05, 0) is 64.8 Å². The molecule has 0 amide bonds. The molecule has 314 valence electrons. The molecule has 4 aliphatic rings. The highest BCUT2D eigenvalue weighted by molar-refractivity contribution is 8.20. The lowest BCUT2D eigenvalue weighted by molar-refractivity contribution is 0.389. The Balaban J connectivity index is 0.